The van der Waals surface area contributed by atoms with Crippen molar-refractivity contribution in [3.05, 3.63) is 24.2 Å². The third-order valence-electron chi connectivity index (χ3n) is 4.30. The zero-order valence-electron chi connectivity index (χ0n) is 10.2. The number of carbonyl (C=O) groups excluding carboxylic acids is 1. The number of fused-ring (bicyclic) bond motifs is 2. The molecule has 4 unspecified atom stereocenters. The first kappa shape index (κ1) is 13.4. The van der Waals surface area contributed by atoms with Crippen LogP contribution in [0.3, 0.4) is 0 Å². The van der Waals surface area contributed by atoms with Crippen LogP contribution in [0.4, 0.5) is 0 Å². The van der Waals surface area contributed by atoms with Crippen molar-refractivity contribution in [2.24, 2.45) is 23.5 Å². The van der Waals surface area contributed by atoms with E-state index in [4.69, 9.17) is 10.2 Å². The number of nitrogens with two attached hydrogens (primary N) is 1. The van der Waals surface area contributed by atoms with Crippen molar-refractivity contribution in [2.45, 2.75) is 31.8 Å². The van der Waals surface area contributed by atoms with Crippen LogP contribution in [0.2, 0.25) is 0 Å². The van der Waals surface area contributed by atoms with Gasteiger partial charge < -0.3 is 15.5 Å². The second-order valence-electron chi connectivity index (χ2n) is 5.23. The van der Waals surface area contributed by atoms with Gasteiger partial charge in [0.15, 0.2) is 0 Å². The molecule has 18 heavy (non-hydrogen) atoms. The third-order valence-corrected chi connectivity index (χ3v) is 4.30. The average molecular weight is 271 g/mol. The fraction of sp³-hybridized carbons (Fsp3) is 0.615. The van der Waals surface area contributed by atoms with Crippen LogP contribution in [0.1, 0.15) is 25.0 Å². The van der Waals surface area contributed by atoms with Gasteiger partial charge in [-0.15, -0.1) is 12.4 Å². The molecular weight excluding hydrogens is 252 g/mol. The summed E-state index contributed by atoms with van der Waals surface area (Å²) < 4.78 is 5.19. The summed E-state index contributed by atoms with van der Waals surface area (Å²) in [5.41, 5.74) is 6.13. The molecule has 0 aromatic carbocycles. The molecule has 2 aliphatic carbocycles. The van der Waals surface area contributed by atoms with E-state index in [9.17, 15) is 4.79 Å². The van der Waals surface area contributed by atoms with E-state index in [-0.39, 0.29) is 30.3 Å². The van der Waals surface area contributed by atoms with E-state index in [1.165, 1.54) is 6.42 Å². The van der Waals surface area contributed by atoms with Crippen LogP contribution >= 0.6 is 12.4 Å². The summed E-state index contributed by atoms with van der Waals surface area (Å²) in [6.45, 7) is 0.465. The lowest BCUT2D eigenvalue weighted by Gasteiger charge is -2.26. The number of hydrogen-bond donors (Lipinski definition) is 2. The van der Waals surface area contributed by atoms with Gasteiger partial charge in [0.25, 0.3) is 0 Å². The van der Waals surface area contributed by atoms with Gasteiger partial charge >= 0.3 is 0 Å². The monoisotopic (exact) mass is 270 g/mol. The highest BCUT2D eigenvalue weighted by atomic mass is 35.5. The van der Waals surface area contributed by atoms with Crippen LogP contribution < -0.4 is 11.1 Å². The van der Waals surface area contributed by atoms with E-state index in [1.807, 2.05) is 12.1 Å². The van der Waals surface area contributed by atoms with Gasteiger partial charge in [0, 0.05) is 6.04 Å². The Labute approximate surface area is 113 Å². The molecule has 1 amide bonds. The van der Waals surface area contributed by atoms with Crippen molar-refractivity contribution in [3.8, 4) is 0 Å². The quantitative estimate of drug-likeness (QED) is 0.878. The van der Waals surface area contributed by atoms with Crippen LogP contribution in [-0.4, -0.2) is 11.9 Å². The molecule has 100 valence electrons. The van der Waals surface area contributed by atoms with E-state index in [1.54, 1.807) is 6.26 Å². The molecule has 2 bridgehead atoms. The van der Waals surface area contributed by atoms with Crippen LogP contribution in [0.25, 0.3) is 0 Å². The van der Waals surface area contributed by atoms with Crippen molar-refractivity contribution in [2.75, 3.05) is 0 Å². The molecule has 2 aliphatic rings. The van der Waals surface area contributed by atoms with Gasteiger partial charge in [-0.1, -0.05) is 0 Å². The van der Waals surface area contributed by atoms with Crippen LogP contribution in [0, 0.1) is 17.8 Å². The zero-order chi connectivity index (χ0) is 11.8. The maximum absolute atomic E-state index is 12.1. The first-order valence-electron chi connectivity index (χ1n) is 6.31. The van der Waals surface area contributed by atoms with Crippen LogP contribution in [0.5, 0.6) is 0 Å². The van der Waals surface area contributed by atoms with Gasteiger partial charge in [0.2, 0.25) is 5.91 Å². The lowest BCUT2D eigenvalue weighted by molar-refractivity contribution is -0.127. The number of furan rings is 1. The largest absolute Gasteiger partial charge is 0.467 e. The summed E-state index contributed by atoms with van der Waals surface area (Å²) in [5, 5.41) is 2.93. The molecule has 2 fully saturated rings. The fourth-order valence-electron chi connectivity index (χ4n) is 3.43. The number of halogens is 1. The number of amides is 1. The molecule has 0 aliphatic heterocycles. The minimum atomic E-state index is 0. The Morgan fingerprint density at radius 2 is 2.22 bits per heavy atom. The van der Waals surface area contributed by atoms with Crippen molar-refractivity contribution < 1.29 is 9.21 Å². The summed E-state index contributed by atoms with van der Waals surface area (Å²) in [4.78, 5) is 12.1. The van der Waals surface area contributed by atoms with Crippen LogP contribution in [-0.2, 0) is 11.3 Å². The van der Waals surface area contributed by atoms with Crippen molar-refractivity contribution in [1.29, 1.82) is 0 Å². The Morgan fingerprint density at radius 1 is 1.44 bits per heavy atom. The summed E-state index contributed by atoms with van der Waals surface area (Å²) in [7, 11) is 0. The second-order valence-corrected chi connectivity index (χ2v) is 5.23. The van der Waals surface area contributed by atoms with E-state index < -0.39 is 0 Å². The van der Waals surface area contributed by atoms with E-state index in [2.05, 4.69) is 5.32 Å². The Bertz CT molecular complexity index is 405. The summed E-state index contributed by atoms with van der Waals surface area (Å²) in [5.74, 6) is 1.98. The maximum Gasteiger partial charge on any atom is 0.225 e. The Hall–Kier alpha value is -1.00. The standard InChI is InChI=1S/C13H18N2O2.ClH/c14-12-9-4-3-8(6-9)11(12)13(16)15-7-10-2-1-5-17-10;/h1-2,5,8-9,11-12H,3-4,6-7,14H2,(H,15,16);1H. The van der Waals surface area contributed by atoms with E-state index in [0.717, 1.165) is 18.6 Å². The smallest absolute Gasteiger partial charge is 0.225 e. The predicted octanol–water partition coefficient (Wildman–Crippen LogP) is 1.69. The lowest BCUT2D eigenvalue weighted by Crippen LogP contribution is -2.45. The molecule has 1 aromatic rings. The molecule has 1 heterocycles. The van der Waals surface area contributed by atoms with Gasteiger partial charge in [0.05, 0.1) is 18.7 Å². The number of nitrogens with one attached hydrogen (secondary N) is 1. The van der Waals surface area contributed by atoms with Gasteiger partial charge in [-0.3, -0.25) is 4.79 Å². The molecule has 0 spiro atoms. The van der Waals surface area contributed by atoms with E-state index in [0.29, 0.717) is 18.4 Å². The minimum absolute atomic E-state index is 0. The summed E-state index contributed by atoms with van der Waals surface area (Å²) in [6, 6.07) is 3.75. The minimum Gasteiger partial charge on any atom is -0.467 e. The normalized spacial score (nSPS) is 33.2. The highest BCUT2D eigenvalue weighted by molar-refractivity contribution is 5.85. The maximum atomic E-state index is 12.1. The van der Waals surface area contributed by atoms with Gasteiger partial charge in [-0.05, 0) is 43.2 Å². The SMILES string of the molecule is Cl.NC1C2CCC(C2)C1C(=O)NCc1ccco1. The highest BCUT2D eigenvalue weighted by Gasteiger charge is 2.48. The molecule has 4 nitrogen and oxygen atoms in total. The van der Waals surface area contributed by atoms with E-state index >= 15 is 0 Å². The van der Waals surface area contributed by atoms with Crippen molar-refractivity contribution in [1.82, 2.24) is 5.32 Å². The van der Waals surface area contributed by atoms with Gasteiger partial charge in [-0.25, -0.2) is 0 Å². The molecule has 4 atom stereocenters. The first-order chi connectivity index (χ1) is 8.25. The third kappa shape index (κ3) is 2.27. The molecule has 0 radical (unpaired) electrons. The van der Waals surface area contributed by atoms with Crippen LogP contribution in [0.15, 0.2) is 22.8 Å². The van der Waals surface area contributed by atoms with Gasteiger partial charge in [-0.2, -0.15) is 0 Å². The number of carbonyl (C=O) groups is 1. The molecule has 3 N–H and O–H groups in total. The first-order valence-corrected chi connectivity index (χ1v) is 6.31. The Morgan fingerprint density at radius 3 is 2.83 bits per heavy atom. The molecular formula is C13H19ClN2O2. The molecule has 3 rings (SSSR count). The summed E-state index contributed by atoms with van der Waals surface area (Å²) >= 11 is 0. The Balaban J connectivity index is 0.00000120. The van der Waals surface area contributed by atoms with Gasteiger partial charge in [0.1, 0.15) is 5.76 Å². The average Bonchev–Trinajstić information content (AvgIpc) is 3.02. The number of rotatable bonds is 3. The summed E-state index contributed by atoms with van der Waals surface area (Å²) in [6.07, 6.45) is 5.12. The second kappa shape index (κ2) is 5.33. The predicted molar refractivity (Wildman–Crippen MR) is 70.1 cm³/mol. The molecule has 5 heteroatoms. The molecule has 2 saturated carbocycles. The van der Waals surface area contributed by atoms with Crippen molar-refractivity contribution in [3.63, 3.8) is 0 Å². The fourth-order valence-corrected chi connectivity index (χ4v) is 3.43. The lowest BCUT2D eigenvalue weighted by atomic mass is 9.84. The Kier molecular flexibility index (Phi) is 3.97. The number of hydrogen-bond acceptors (Lipinski definition) is 3. The van der Waals surface area contributed by atoms with Crippen molar-refractivity contribution >= 4 is 18.3 Å². The molecule has 1 aromatic heterocycles. The topological polar surface area (TPSA) is 68.3 Å². The zero-order valence-corrected chi connectivity index (χ0v) is 11.0. The molecule has 0 saturated heterocycles. The highest BCUT2D eigenvalue weighted by Crippen LogP contribution is 2.47.